The molecule has 0 amide bonds. The standard InChI is InChI=1S/C19H26N4O3S2/c1-4-22-18(14-5-6-14)20-21-19(22)27-10-17(24)16-9-12(2)23(13(16)3)15-7-8-28(25,26)11-15/h9,14-15H,4-8,10-11H2,1-3H3. The molecule has 1 saturated carbocycles. The van der Waals surface area contributed by atoms with E-state index >= 15 is 0 Å². The zero-order valence-corrected chi connectivity index (χ0v) is 18.1. The van der Waals surface area contributed by atoms with Crippen LogP contribution in [0, 0.1) is 13.8 Å². The Hall–Kier alpha value is -1.61. The molecule has 3 heterocycles. The zero-order chi connectivity index (χ0) is 20.1. The lowest BCUT2D eigenvalue weighted by molar-refractivity contribution is 0.102. The normalized spacial score (nSPS) is 21.3. The predicted molar refractivity (Wildman–Crippen MR) is 109 cm³/mol. The Morgan fingerprint density at radius 1 is 1.25 bits per heavy atom. The Kier molecular flexibility index (Phi) is 5.16. The van der Waals surface area contributed by atoms with Gasteiger partial charge >= 0.3 is 0 Å². The van der Waals surface area contributed by atoms with Crippen LogP contribution in [0.25, 0.3) is 0 Å². The number of aromatic nitrogens is 4. The SMILES string of the molecule is CCn1c(SCC(=O)c2cc(C)n(C3CCS(=O)(=O)C3)c2C)nnc1C1CC1. The summed E-state index contributed by atoms with van der Waals surface area (Å²) < 4.78 is 27.8. The van der Waals surface area contributed by atoms with Gasteiger partial charge in [0.25, 0.3) is 0 Å². The zero-order valence-electron chi connectivity index (χ0n) is 16.5. The highest BCUT2D eigenvalue weighted by Gasteiger charge is 2.32. The van der Waals surface area contributed by atoms with E-state index < -0.39 is 9.84 Å². The Morgan fingerprint density at radius 3 is 2.61 bits per heavy atom. The molecule has 1 aliphatic heterocycles. The summed E-state index contributed by atoms with van der Waals surface area (Å²) in [6.45, 7) is 6.73. The van der Waals surface area contributed by atoms with Crippen molar-refractivity contribution in [2.45, 2.75) is 63.7 Å². The molecule has 0 bridgehead atoms. The van der Waals surface area contributed by atoms with Crippen molar-refractivity contribution in [3.63, 3.8) is 0 Å². The van der Waals surface area contributed by atoms with E-state index in [-0.39, 0.29) is 23.3 Å². The van der Waals surface area contributed by atoms with Crippen LogP contribution in [0.2, 0.25) is 0 Å². The fourth-order valence-corrected chi connectivity index (χ4v) is 6.75. The molecule has 2 aromatic heterocycles. The molecule has 2 fully saturated rings. The maximum Gasteiger partial charge on any atom is 0.191 e. The minimum Gasteiger partial charge on any atom is -0.344 e. The van der Waals surface area contributed by atoms with E-state index in [4.69, 9.17) is 0 Å². The largest absolute Gasteiger partial charge is 0.344 e. The molecule has 0 aromatic carbocycles. The molecular formula is C19H26N4O3S2. The van der Waals surface area contributed by atoms with Gasteiger partial charge in [-0.3, -0.25) is 4.79 Å². The van der Waals surface area contributed by atoms with Crippen molar-refractivity contribution in [2.75, 3.05) is 17.3 Å². The molecule has 2 aromatic rings. The minimum absolute atomic E-state index is 0.0452. The highest BCUT2D eigenvalue weighted by Crippen LogP contribution is 2.40. The molecule has 0 N–H and O–H groups in total. The average Bonchev–Trinajstić information content (AvgIpc) is 3.21. The third kappa shape index (κ3) is 3.66. The van der Waals surface area contributed by atoms with E-state index in [1.807, 2.05) is 24.5 Å². The predicted octanol–water partition coefficient (Wildman–Crippen LogP) is 2.93. The number of carbonyl (C=O) groups is 1. The van der Waals surface area contributed by atoms with Crippen LogP contribution < -0.4 is 0 Å². The van der Waals surface area contributed by atoms with Gasteiger partial charge in [0.05, 0.1) is 17.3 Å². The highest BCUT2D eigenvalue weighted by molar-refractivity contribution is 7.99. The monoisotopic (exact) mass is 422 g/mol. The van der Waals surface area contributed by atoms with Gasteiger partial charge in [0, 0.05) is 35.5 Å². The van der Waals surface area contributed by atoms with Crippen molar-refractivity contribution >= 4 is 27.4 Å². The van der Waals surface area contributed by atoms with Gasteiger partial charge in [-0.25, -0.2) is 8.42 Å². The maximum absolute atomic E-state index is 12.9. The van der Waals surface area contributed by atoms with Crippen molar-refractivity contribution in [1.29, 1.82) is 0 Å². The molecule has 0 radical (unpaired) electrons. The van der Waals surface area contributed by atoms with Crippen LogP contribution in [0.15, 0.2) is 11.2 Å². The van der Waals surface area contributed by atoms with Gasteiger partial charge in [-0.05, 0) is 46.1 Å². The second-order valence-electron chi connectivity index (χ2n) is 7.78. The molecule has 0 spiro atoms. The molecule has 1 aliphatic carbocycles. The van der Waals surface area contributed by atoms with Crippen LogP contribution in [0.4, 0.5) is 0 Å². The Labute approximate surface area is 169 Å². The summed E-state index contributed by atoms with van der Waals surface area (Å²) in [6.07, 6.45) is 2.96. The second kappa shape index (κ2) is 7.33. The van der Waals surface area contributed by atoms with E-state index in [1.165, 1.54) is 24.6 Å². The number of hydrogen-bond donors (Lipinski definition) is 0. The maximum atomic E-state index is 12.9. The number of hydrogen-bond acceptors (Lipinski definition) is 6. The number of Topliss-reactive ketones (excluding diaryl/α,β-unsaturated/α-hetero) is 1. The number of carbonyl (C=O) groups excluding carboxylic acids is 1. The van der Waals surface area contributed by atoms with E-state index in [0.29, 0.717) is 23.7 Å². The molecule has 7 nitrogen and oxygen atoms in total. The third-order valence-electron chi connectivity index (χ3n) is 5.69. The minimum atomic E-state index is -2.97. The molecule has 1 atom stereocenters. The van der Waals surface area contributed by atoms with Crippen LogP contribution >= 0.6 is 11.8 Å². The third-order valence-corrected chi connectivity index (χ3v) is 8.41. The Balaban J connectivity index is 1.49. The summed E-state index contributed by atoms with van der Waals surface area (Å²) in [5.74, 6) is 2.30. The van der Waals surface area contributed by atoms with Crippen LogP contribution in [0.3, 0.4) is 0 Å². The first-order valence-electron chi connectivity index (χ1n) is 9.78. The summed E-state index contributed by atoms with van der Waals surface area (Å²) in [6, 6.07) is 1.83. The topological polar surface area (TPSA) is 86.9 Å². The van der Waals surface area contributed by atoms with Crippen LogP contribution in [-0.2, 0) is 16.4 Å². The number of sulfone groups is 1. The molecule has 2 aliphatic rings. The first kappa shape index (κ1) is 19.7. The van der Waals surface area contributed by atoms with Crippen LogP contribution in [0.5, 0.6) is 0 Å². The summed E-state index contributed by atoms with van der Waals surface area (Å²) in [5, 5.41) is 9.41. The van der Waals surface area contributed by atoms with Gasteiger partial charge in [0.1, 0.15) is 5.82 Å². The first-order valence-corrected chi connectivity index (χ1v) is 12.6. The van der Waals surface area contributed by atoms with Crippen molar-refractivity contribution in [3.05, 3.63) is 28.8 Å². The summed E-state index contributed by atoms with van der Waals surface area (Å²) in [5.41, 5.74) is 2.49. The van der Waals surface area contributed by atoms with E-state index in [2.05, 4.69) is 21.7 Å². The lowest BCUT2D eigenvalue weighted by Gasteiger charge is -2.16. The van der Waals surface area contributed by atoms with Gasteiger partial charge < -0.3 is 9.13 Å². The summed E-state index contributed by atoms with van der Waals surface area (Å²) in [7, 11) is -2.97. The Morgan fingerprint density at radius 2 is 2.00 bits per heavy atom. The number of thioether (sulfide) groups is 1. The van der Waals surface area contributed by atoms with E-state index in [1.54, 1.807) is 0 Å². The smallest absolute Gasteiger partial charge is 0.191 e. The quantitative estimate of drug-likeness (QED) is 0.504. The van der Waals surface area contributed by atoms with Gasteiger partial charge in [-0.15, -0.1) is 10.2 Å². The van der Waals surface area contributed by atoms with Crippen molar-refractivity contribution < 1.29 is 13.2 Å². The number of rotatable bonds is 7. The van der Waals surface area contributed by atoms with Gasteiger partial charge in [-0.2, -0.15) is 0 Å². The van der Waals surface area contributed by atoms with Gasteiger partial charge in [0.2, 0.25) is 0 Å². The van der Waals surface area contributed by atoms with Crippen molar-refractivity contribution in [2.24, 2.45) is 0 Å². The van der Waals surface area contributed by atoms with Crippen LogP contribution in [0.1, 0.15) is 65.7 Å². The van der Waals surface area contributed by atoms with Crippen LogP contribution in [-0.4, -0.2) is 50.8 Å². The molecule has 152 valence electrons. The van der Waals surface area contributed by atoms with E-state index in [9.17, 15) is 13.2 Å². The highest BCUT2D eigenvalue weighted by atomic mass is 32.2. The van der Waals surface area contributed by atoms with Gasteiger partial charge in [0.15, 0.2) is 20.8 Å². The number of nitrogens with zero attached hydrogens (tertiary/aromatic N) is 4. The molecule has 9 heteroatoms. The van der Waals surface area contributed by atoms with Crippen molar-refractivity contribution in [3.8, 4) is 0 Å². The van der Waals surface area contributed by atoms with Gasteiger partial charge in [-0.1, -0.05) is 11.8 Å². The average molecular weight is 423 g/mol. The van der Waals surface area contributed by atoms with Crippen molar-refractivity contribution in [1.82, 2.24) is 19.3 Å². The number of ketones is 1. The Bertz CT molecular complexity index is 1020. The molecule has 1 unspecified atom stereocenters. The first-order chi connectivity index (χ1) is 13.3. The fraction of sp³-hybridized carbons (Fsp3) is 0.632. The van der Waals surface area contributed by atoms with E-state index in [0.717, 1.165) is 28.9 Å². The molecule has 1 saturated heterocycles. The lowest BCUT2D eigenvalue weighted by atomic mass is 10.2. The second-order valence-corrected chi connectivity index (χ2v) is 11.0. The molecular weight excluding hydrogens is 396 g/mol. The number of aryl methyl sites for hydroxylation is 1. The summed E-state index contributed by atoms with van der Waals surface area (Å²) >= 11 is 1.43. The summed E-state index contributed by atoms with van der Waals surface area (Å²) in [4.78, 5) is 12.9. The lowest BCUT2D eigenvalue weighted by Crippen LogP contribution is -2.14. The molecule has 4 rings (SSSR count). The molecule has 28 heavy (non-hydrogen) atoms. The fourth-order valence-electron chi connectivity index (χ4n) is 4.16.